The summed E-state index contributed by atoms with van der Waals surface area (Å²) in [5.74, 6) is 0.739. The van der Waals surface area contributed by atoms with Gasteiger partial charge in [-0.1, -0.05) is 19.8 Å². The fraction of sp³-hybridized carbons (Fsp3) is 0.889. The second-order valence-corrected chi connectivity index (χ2v) is 6.92. The lowest BCUT2D eigenvalue weighted by Crippen LogP contribution is -2.49. The van der Waals surface area contributed by atoms with Crippen LogP contribution in [0.15, 0.2) is 4.99 Å². The van der Waals surface area contributed by atoms with Crippen molar-refractivity contribution in [2.75, 3.05) is 33.4 Å². The number of halogens is 1. The molecule has 0 spiro atoms. The van der Waals surface area contributed by atoms with Crippen LogP contribution >= 0.6 is 24.0 Å². The van der Waals surface area contributed by atoms with Crippen LogP contribution < -0.4 is 16.0 Å². The number of carbonyl (C=O) groups is 1. The van der Waals surface area contributed by atoms with Crippen molar-refractivity contribution in [1.29, 1.82) is 0 Å². The summed E-state index contributed by atoms with van der Waals surface area (Å²) in [5, 5.41) is 9.49. The minimum Gasteiger partial charge on any atom is -0.444 e. The van der Waals surface area contributed by atoms with Gasteiger partial charge in [0.05, 0.1) is 0 Å². The normalized spacial score (nSPS) is 12.8. The molecule has 8 heteroatoms. The zero-order chi connectivity index (χ0) is 19.1. The molecule has 26 heavy (non-hydrogen) atoms. The molecule has 0 aromatic rings. The lowest BCUT2D eigenvalue weighted by Gasteiger charge is -2.24. The third kappa shape index (κ3) is 16.7. The molecule has 0 heterocycles. The first kappa shape index (κ1) is 27.4. The number of hydrogen-bond acceptors (Lipinski definition) is 4. The average Bonchev–Trinajstić information content (AvgIpc) is 2.53. The predicted molar refractivity (Wildman–Crippen MR) is 119 cm³/mol. The largest absolute Gasteiger partial charge is 0.444 e. The highest BCUT2D eigenvalue weighted by atomic mass is 127. The molecule has 7 nitrogen and oxygen atoms in total. The molecule has 0 aromatic carbocycles. The molecule has 156 valence electrons. The van der Waals surface area contributed by atoms with Crippen molar-refractivity contribution in [2.45, 2.75) is 71.9 Å². The minimum absolute atomic E-state index is 0. The van der Waals surface area contributed by atoms with E-state index in [1.165, 1.54) is 0 Å². The van der Waals surface area contributed by atoms with E-state index in [0.717, 1.165) is 51.4 Å². The Morgan fingerprint density at radius 1 is 1.15 bits per heavy atom. The zero-order valence-corrected chi connectivity index (χ0v) is 19.6. The standard InChI is InChI=1S/C18H38N4O3.HI/c1-7-9-11-15(14-21-17(23)25-18(3,4)5)22-16(19-6)20-12-10-13-24-8-2;/h15H,7-14H2,1-6H3,(H,21,23)(H2,19,20,22);1H. The smallest absolute Gasteiger partial charge is 0.407 e. The molecule has 0 radical (unpaired) electrons. The summed E-state index contributed by atoms with van der Waals surface area (Å²) in [6, 6.07) is 0.102. The number of aliphatic imine (C=N–C) groups is 1. The number of alkyl carbamates (subject to hydrolysis) is 1. The van der Waals surface area contributed by atoms with Gasteiger partial charge in [0.25, 0.3) is 0 Å². The second-order valence-electron chi connectivity index (χ2n) is 6.92. The van der Waals surface area contributed by atoms with Crippen molar-refractivity contribution < 1.29 is 14.3 Å². The summed E-state index contributed by atoms with van der Waals surface area (Å²) in [7, 11) is 1.75. The third-order valence-electron chi connectivity index (χ3n) is 3.32. The van der Waals surface area contributed by atoms with Crippen LogP contribution in [0.1, 0.15) is 60.3 Å². The van der Waals surface area contributed by atoms with E-state index in [1.807, 2.05) is 27.7 Å². The molecule has 1 amide bonds. The maximum atomic E-state index is 11.8. The Kier molecular flexibility index (Phi) is 17.3. The number of nitrogens with zero attached hydrogens (tertiary/aromatic N) is 1. The van der Waals surface area contributed by atoms with E-state index in [1.54, 1.807) is 7.05 Å². The van der Waals surface area contributed by atoms with Crippen LogP contribution in [0, 0.1) is 0 Å². The predicted octanol–water partition coefficient (Wildman–Crippen LogP) is 3.28. The van der Waals surface area contributed by atoms with Gasteiger partial charge in [-0.15, -0.1) is 24.0 Å². The number of carbonyl (C=O) groups excluding carboxylic acids is 1. The average molecular weight is 486 g/mol. The van der Waals surface area contributed by atoms with Gasteiger partial charge in [-0.2, -0.15) is 0 Å². The molecule has 0 saturated carbocycles. The van der Waals surface area contributed by atoms with Crippen molar-refractivity contribution >= 4 is 36.0 Å². The number of guanidine groups is 1. The Labute approximate surface area is 176 Å². The van der Waals surface area contributed by atoms with Crippen LogP contribution in [0.25, 0.3) is 0 Å². The molecule has 3 N–H and O–H groups in total. The van der Waals surface area contributed by atoms with E-state index in [9.17, 15) is 4.79 Å². The van der Waals surface area contributed by atoms with Crippen LogP contribution in [0.4, 0.5) is 4.79 Å². The van der Waals surface area contributed by atoms with Crippen LogP contribution in [0.5, 0.6) is 0 Å². The number of unbranched alkanes of at least 4 members (excludes halogenated alkanes) is 1. The van der Waals surface area contributed by atoms with Gasteiger partial charge in [-0.25, -0.2) is 4.79 Å². The van der Waals surface area contributed by atoms with Crippen LogP contribution in [-0.4, -0.2) is 57.0 Å². The number of rotatable bonds is 11. The number of nitrogens with one attached hydrogen (secondary N) is 3. The molecule has 0 rings (SSSR count). The summed E-state index contributed by atoms with van der Waals surface area (Å²) >= 11 is 0. The summed E-state index contributed by atoms with van der Waals surface area (Å²) < 4.78 is 10.6. The number of ether oxygens (including phenoxy) is 2. The Morgan fingerprint density at radius 2 is 1.85 bits per heavy atom. The highest BCUT2D eigenvalue weighted by molar-refractivity contribution is 14.0. The van der Waals surface area contributed by atoms with Gasteiger partial charge in [-0.05, 0) is 40.5 Å². The molecule has 1 unspecified atom stereocenters. The molecule has 0 aliphatic carbocycles. The van der Waals surface area contributed by atoms with E-state index in [-0.39, 0.29) is 30.0 Å². The number of amides is 1. The fourth-order valence-corrected chi connectivity index (χ4v) is 2.11. The topological polar surface area (TPSA) is 84.0 Å². The summed E-state index contributed by atoms with van der Waals surface area (Å²) in [4.78, 5) is 16.1. The molecule has 0 aliphatic heterocycles. The Balaban J connectivity index is 0. The Hall–Kier alpha value is -0.770. The highest BCUT2D eigenvalue weighted by Crippen LogP contribution is 2.07. The molecular weight excluding hydrogens is 447 g/mol. The lowest BCUT2D eigenvalue weighted by molar-refractivity contribution is 0.0522. The van der Waals surface area contributed by atoms with E-state index in [2.05, 4.69) is 27.9 Å². The Morgan fingerprint density at radius 3 is 2.38 bits per heavy atom. The first-order valence-electron chi connectivity index (χ1n) is 9.34. The monoisotopic (exact) mass is 486 g/mol. The van der Waals surface area contributed by atoms with E-state index in [4.69, 9.17) is 9.47 Å². The van der Waals surface area contributed by atoms with Crippen molar-refractivity contribution in [3.63, 3.8) is 0 Å². The summed E-state index contributed by atoms with van der Waals surface area (Å²) in [6.45, 7) is 12.5. The van der Waals surface area contributed by atoms with Gasteiger partial charge in [0.15, 0.2) is 5.96 Å². The molecule has 0 aromatic heterocycles. The van der Waals surface area contributed by atoms with Crippen LogP contribution in [0.2, 0.25) is 0 Å². The first-order chi connectivity index (χ1) is 11.8. The highest BCUT2D eigenvalue weighted by Gasteiger charge is 2.17. The summed E-state index contributed by atoms with van der Waals surface area (Å²) in [5.41, 5.74) is -0.491. The molecule has 0 aliphatic rings. The third-order valence-corrected chi connectivity index (χ3v) is 3.32. The van der Waals surface area contributed by atoms with Gasteiger partial charge >= 0.3 is 6.09 Å². The van der Waals surface area contributed by atoms with Gasteiger partial charge < -0.3 is 25.4 Å². The molecule has 0 bridgehead atoms. The Bertz CT molecular complexity index is 387. The fourth-order valence-electron chi connectivity index (χ4n) is 2.11. The van der Waals surface area contributed by atoms with E-state index in [0.29, 0.717) is 6.54 Å². The van der Waals surface area contributed by atoms with E-state index >= 15 is 0 Å². The minimum atomic E-state index is -0.491. The maximum Gasteiger partial charge on any atom is 0.407 e. The molecular formula is C18H39IN4O3. The van der Waals surface area contributed by atoms with Crippen molar-refractivity contribution in [3.8, 4) is 0 Å². The van der Waals surface area contributed by atoms with Gasteiger partial charge in [0.2, 0.25) is 0 Å². The van der Waals surface area contributed by atoms with Crippen molar-refractivity contribution in [1.82, 2.24) is 16.0 Å². The maximum absolute atomic E-state index is 11.8. The van der Waals surface area contributed by atoms with Crippen molar-refractivity contribution in [2.24, 2.45) is 4.99 Å². The molecule has 0 fully saturated rings. The number of hydrogen-bond donors (Lipinski definition) is 3. The van der Waals surface area contributed by atoms with Crippen LogP contribution in [-0.2, 0) is 9.47 Å². The second kappa shape index (κ2) is 16.4. The van der Waals surface area contributed by atoms with Gasteiger partial charge in [-0.3, -0.25) is 4.99 Å². The van der Waals surface area contributed by atoms with Gasteiger partial charge in [0, 0.05) is 39.4 Å². The SMILES string of the molecule is CCCCC(CNC(=O)OC(C)(C)C)NC(=NC)NCCCOCC.I. The molecule has 0 saturated heterocycles. The summed E-state index contributed by atoms with van der Waals surface area (Å²) in [6.07, 6.45) is 3.66. The quantitative estimate of drug-likeness (QED) is 0.181. The van der Waals surface area contributed by atoms with Gasteiger partial charge in [0.1, 0.15) is 5.60 Å². The first-order valence-corrected chi connectivity index (χ1v) is 9.34. The van der Waals surface area contributed by atoms with Crippen molar-refractivity contribution in [3.05, 3.63) is 0 Å². The van der Waals surface area contributed by atoms with Crippen LogP contribution in [0.3, 0.4) is 0 Å². The van der Waals surface area contributed by atoms with E-state index < -0.39 is 11.7 Å². The molecule has 1 atom stereocenters. The lowest BCUT2D eigenvalue weighted by atomic mass is 10.1. The zero-order valence-electron chi connectivity index (χ0n) is 17.3.